The van der Waals surface area contributed by atoms with Gasteiger partial charge in [-0.05, 0) is 36.6 Å². The largest absolute Gasteiger partial charge is 0.197 e. The van der Waals surface area contributed by atoms with Crippen LogP contribution in [0.4, 0.5) is 0 Å². The lowest BCUT2D eigenvalue weighted by Crippen LogP contribution is -2.00. The molecule has 0 fully saturated rings. The highest BCUT2D eigenvalue weighted by Gasteiger charge is 2.05. The summed E-state index contributed by atoms with van der Waals surface area (Å²) in [6.45, 7) is 2.00. The van der Waals surface area contributed by atoms with Crippen molar-refractivity contribution in [1.82, 2.24) is 0 Å². The molecule has 0 aliphatic rings. The highest BCUT2D eigenvalue weighted by Crippen LogP contribution is 2.18. The van der Waals surface area contributed by atoms with Crippen molar-refractivity contribution in [2.24, 2.45) is 0 Å². The number of hydrogen-bond donors (Lipinski definition) is 0. The fourth-order valence-electron chi connectivity index (χ4n) is 1.13. The Hall–Kier alpha value is -0.520. The van der Waals surface area contributed by atoms with E-state index in [9.17, 15) is 0 Å². The minimum absolute atomic E-state index is 0.118. The number of rotatable bonds is 2. The molecule has 1 rings (SSSR count). The van der Waals surface area contributed by atoms with E-state index in [4.69, 9.17) is 16.9 Å². The molecule has 0 bridgehead atoms. The van der Waals surface area contributed by atoms with Crippen LogP contribution in [-0.4, -0.2) is 4.83 Å². The van der Waals surface area contributed by atoms with E-state index in [0.29, 0.717) is 0 Å². The Balaban J connectivity index is 2.85. The van der Waals surface area contributed by atoms with Gasteiger partial charge < -0.3 is 0 Å². The molecule has 0 heterocycles. The van der Waals surface area contributed by atoms with Crippen LogP contribution in [0.25, 0.3) is 0 Å². The molecule has 13 heavy (non-hydrogen) atoms. The quantitative estimate of drug-likeness (QED) is 0.745. The van der Waals surface area contributed by atoms with Crippen LogP contribution in [0.5, 0.6) is 0 Å². The van der Waals surface area contributed by atoms with E-state index < -0.39 is 0 Å². The van der Waals surface area contributed by atoms with E-state index in [0.717, 1.165) is 22.6 Å². The second-order valence-electron chi connectivity index (χ2n) is 2.87. The molecule has 0 aromatic heterocycles. The van der Waals surface area contributed by atoms with Crippen LogP contribution in [0.3, 0.4) is 0 Å². The minimum Gasteiger partial charge on any atom is -0.197 e. The Labute approximate surface area is 91.5 Å². The van der Waals surface area contributed by atoms with Crippen LogP contribution >= 0.6 is 27.5 Å². The van der Waals surface area contributed by atoms with Crippen LogP contribution < -0.4 is 0 Å². The molecule has 1 aromatic rings. The molecular formula is C10H9BrClN. The topological polar surface area (TPSA) is 23.8 Å². The van der Waals surface area contributed by atoms with E-state index in [2.05, 4.69) is 22.0 Å². The molecule has 68 valence electrons. The molecule has 0 amide bonds. The molecule has 1 aromatic carbocycles. The van der Waals surface area contributed by atoms with Gasteiger partial charge in [-0.1, -0.05) is 33.6 Å². The molecule has 0 aliphatic heterocycles. The molecule has 0 N–H and O–H groups in total. The SMILES string of the molecule is Cc1cc(Cl)ccc1CC(Br)C#N. The van der Waals surface area contributed by atoms with Crippen molar-refractivity contribution in [3.63, 3.8) is 0 Å². The van der Waals surface area contributed by atoms with Crippen LogP contribution in [0.1, 0.15) is 11.1 Å². The third-order valence-corrected chi connectivity index (χ3v) is 2.61. The molecule has 0 saturated carbocycles. The number of benzene rings is 1. The van der Waals surface area contributed by atoms with Gasteiger partial charge in [-0.3, -0.25) is 0 Å². The monoisotopic (exact) mass is 257 g/mol. The first-order valence-electron chi connectivity index (χ1n) is 3.92. The molecule has 0 radical (unpaired) electrons. The summed E-state index contributed by atoms with van der Waals surface area (Å²) >= 11 is 9.08. The Bertz CT molecular complexity index is 343. The normalized spacial score (nSPS) is 12.2. The van der Waals surface area contributed by atoms with Crippen molar-refractivity contribution < 1.29 is 0 Å². The average Bonchev–Trinajstić information content (AvgIpc) is 2.09. The van der Waals surface area contributed by atoms with E-state index in [1.807, 2.05) is 25.1 Å². The zero-order chi connectivity index (χ0) is 9.84. The Morgan fingerprint density at radius 3 is 2.85 bits per heavy atom. The average molecular weight is 259 g/mol. The van der Waals surface area contributed by atoms with Crippen molar-refractivity contribution in [1.29, 1.82) is 5.26 Å². The first kappa shape index (κ1) is 10.6. The number of hydrogen-bond acceptors (Lipinski definition) is 1. The van der Waals surface area contributed by atoms with Gasteiger partial charge in [-0.25, -0.2) is 0 Å². The lowest BCUT2D eigenvalue weighted by atomic mass is 10.0. The standard InChI is InChI=1S/C10H9BrClN/c1-7-4-10(12)3-2-8(7)5-9(11)6-13/h2-4,9H,5H2,1H3. The van der Waals surface area contributed by atoms with E-state index in [1.54, 1.807) is 0 Å². The smallest absolute Gasteiger partial charge is 0.105 e. The van der Waals surface area contributed by atoms with Crippen LogP contribution in [0.15, 0.2) is 18.2 Å². The molecular weight excluding hydrogens is 249 g/mol. The van der Waals surface area contributed by atoms with Crippen LogP contribution in [0, 0.1) is 18.3 Å². The molecule has 1 unspecified atom stereocenters. The van der Waals surface area contributed by atoms with Gasteiger partial charge >= 0.3 is 0 Å². The van der Waals surface area contributed by atoms with E-state index in [-0.39, 0.29) is 4.83 Å². The fraction of sp³-hybridized carbons (Fsp3) is 0.300. The van der Waals surface area contributed by atoms with Crippen molar-refractivity contribution in [2.75, 3.05) is 0 Å². The lowest BCUT2D eigenvalue weighted by molar-refractivity contribution is 1.03. The molecule has 1 nitrogen and oxygen atoms in total. The first-order chi connectivity index (χ1) is 6.13. The minimum atomic E-state index is -0.118. The molecule has 0 saturated heterocycles. The zero-order valence-electron chi connectivity index (χ0n) is 7.22. The van der Waals surface area contributed by atoms with Gasteiger partial charge in [-0.15, -0.1) is 0 Å². The van der Waals surface area contributed by atoms with Gasteiger partial charge in [0.25, 0.3) is 0 Å². The lowest BCUT2D eigenvalue weighted by Gasteiger charge is -2.05. The Morgan fingerprint density at radius 2 is 2.31 bits per heavy atom. The summed E-state index contributed by atoms with van der Waals surface area (Å²) < 4.78 is 0. The maximum absolute atomic E-state index is 8.62. The number of nitriles is 1. The fourth-order valence-corrected chi connectivity index (χ4v) is 1.70. The molecule has 0 spiro atoms. The van der Waals surface area contributed by atoms with E-state index >= 15 is 0 Å². The number of aryl methyl sites for hydroxylation is 1. The Morgan fingerprint density at radius 1 is 1.62 bits per heavy atom. The predicted octanol–water partition coefficient (Wildman–Crippen LogP) is 3.48. The molecule has 3 heteroatoms. The first-order valence-corrected chi connectivity index (χ1v) is 5.21. The highest BCUT2D eigenvalue weighted by molar-refractivity contribution is 9.09. The third-order valence-electron chi connectivity index (χ3n) is 1.84. The predicted molar refractivity (Wildman–Crippen MR) is 58.2 cm³/mol. The summed E-state index contributed by atoms with van der Waals surface area (Å²) in [7, 11) is 0. The van der Waals surface area contributed by atoms with Gasteiger partial charge in [0.05, 0.1) is 6.07 Å². The number of nitrogens with zero attached hydrogens (tertiary/aromatic N) is 1. The summed E-state index contributed by atoms with van der Waals surface area (Å²) in [4.78, 5) is -0.118. The Kier molecular flexibility index (Phi) is 3.77. The van der Waals surface area contributed by atoms with Gasteiger partial charge in [0, 0.05) is 5.02 Å². The van der Waals surface area contributed by atoms with E-state index in [1.165, 1.54) is 0 Å². The third kappa shape index (κ3) is 3.02. The second-order valence-corrected chi connectivity index (χ2v) is 4.41. The summed E-state index contributed by atoms with van der Waals surface area (Å²) in [6.07, 6.45) is 0.722. The van der Waals surface area contributed by atoms with Gasteiger partial charge in [0.15, 0.2) is 0 Å². The summed E-state index contributed by atoms with van der Waals surface area (Å²) in [5.41, 5.74) is 2.29. The molecule has 1 atom stereocenters. The highest BCUT2D eigenvalue weighted by atomic mass is 79.9. The van der Waals surface area contributed by atoms with Gasteiger partial charge in [0.1, 0.15) is 4.83 Å². The zero-order valence-corrected chi connectivity index (χ0v) is 9.56. The maximum atomic E-state index is 8.62. The van der Waals surface area contributed by atoms with Crippen molar-refractivity contribution in [2.45, 2.75) is 18.2 Å². The van der Waals surface area contributed by atoms with Gasteiger partial charge in [0.2, 0.25) is 0 Å². The molecule has 0 aliphatic carbocycles. The van der Waals surface area contributed by atoms with Crippen molar-refractivity contribution >= 4 is 27.5 Å². The van der Waals surface area contributed by atoms with Crippen LogP contribution in [0.2, 0.25) is 5.02 Å². The van der Waals surface area contributed by atoms with Gasteiger partial charge in [-0.2, -0.15) is 5.26 Å². The summed E-state index contributed by atoms with van der Waals surface area (Å²) in [6, 6.07) is 7.86. The van der Waals surface area contributed by atoms with Crippen molar-refractivity contribution in [3.8, 4) is 6.07 Å². The number of alkyl halides is 1. The summed E-state index contributed by atoms with van der Waals surface area (Å²) in [5.74, 6) is 0. The summed E-state index contributed by atoms with van der Waals surface area (Å²) in [5, 5.41) is 9.36. The number of halogens is 2. The van der Waals surface area contributed by atoms with Crippen molar-refractivity contribution in [3.05, 3.63) is 34.3 Å². The maximum Gasteiger partial charge on any atom is 0.105 e. The van der Waals surface area contributed by atoms with Crippen LogP contribution in [-0.2, 0) is 6.42 Å². The second kappa shape index (κ2) is 4.64.